The second kappa shape index (κ2) is 4.85. The minimum atomic E-state index is 0.523. The van der Waals surface area contributed by atoms with Gasteiger partial charge in [-0.1, -0.05) is 19.1 Å². The largest absolute Gasteiger partial charge is 0.314 e. The molecule has 1 nitrogen and oxygen atoms in total. The van der Waals surface area contributed by atoms with Gasteiger partial charge in [0.25, 0.3) is 0 Å². The summed E-state index contributed by atoms with van der Waals surface area (Å²) in [7, 11) is 1.96. The van der Waals surface area contributed by atoms with Gasteiger partial charge in [-0.15, -0.1) is 0 Å². The molecule has 0 radical (unpaired) electrons. The lowest BCUT2D eigenvalue weighted by Crippen LogP contribution is -2.17. The molecule has 1 heteroatoms. The zero-order chi connectivity index (χ0) is 6.41. The van der Waals surface area contributed by atoms with Gasteiger partial charge in [0.05, 0.1) is 0 Å². The maximum Gasteiger partial charge on any atom is 0.0218 e. The molecule has 0 amide bonds. The number of allylic oxidation sites excluding steroid dienone is 1. The topological polar surface area (TPSA) is 12.0 Å². The zero-order valence-corrected chi connectivity index (χ0v) is 5.94. The van der Waals surface area contributed by atoms with Gasteiger partial charge in [-0.05, 0) is 20.4 Å². The van der Waals surface area contributed by atoms with Crippen molar-refractivity contribution in [3.05, 3.63) is 12.2 Å². The SMILES string of the molecule is CC/C=C/C(C)NC. The van der Waals surface area contributed by atoms with E-state index < -0.39 is 0 Å². The molecule has 8 heavy (non-hydrogen) atoms. The molecule has 0 heterocycles. The van der Waals surface area contributed by atoms with Gasteiger partial charge in [0.15, 0.2) is 0 Å². The second-order valence-electron chi connectivity index (χ2n) is 1.91. The number of likely N-dealkylation sites (N-methyl/N-ethyl adjacent to an activating group) is 1. The molecule has 0 bridgehead atoms. The number of hydrogen-bond donors (Lipinski definition) is 1. The molecule has 0 aliphatic heterocycles. The lowest BCUT2D eigenvalue weighted by atomic mass is 10.3. The first-order valence-electron chi connectivity index (χ1n) is 3.15. The maximum atomic E-state index is 3.11. The van der Waals surface area contributed by atoms with E-state index in [9.17, 15) is 0 Å². The molecule has 0 rings (SSSR count). The molecule has 1 unspecified atom stereocenters. The Kier molecular flexibility index (Phi) is 4.67. The Labute approximate surface area is 51.8 Å². The molecule has 0 saturated carbocycles. The molecule has 48 valence electrons. The molecule has 1 atom stereocenters. The molecular formula is C7H15N. The fraction of sp³-hybridized carbons (Fsp3) is 0.714. The van der Waals surface area contributed by atoms with Crippen LogP contribution in [0.2, 0.25) is 0 Å². The molecule has 0 aliphatic carbocycles. The van der Waals surface area contributed by atoms with Crippen molar-refractivity contribution in [1.29, 1.82) is 0 Å². The van der Waals surface area contributed by atoms with Crippen LogP contribution in [-0.4, -0.2) is 13.1 Å². The summed E-state index contributed by atoms with van der Waals surface area (Å²) in [5.41, 5.74) is 0. The first-order valence-corrected chi connectivity index (χ1v) is 3.15. The maximum absolute atomic E-state index is 3.11. The van der Waals surface area contributed by atoms with Crippen LogP contribution in [0.4, 0.5) is 0 Å². The van der Waals surface area contributed by atoms with Crippen LogP contribution in [0.25, 0.3) is 0 Å². The summed E-state index contributed by atoms with van der Waals surface area (Å²) in [4.78, 5) is 0. The van der Waals surface area contributed by atoms with Gasteiger partial charge in [0.2, 0.25) is 0 Å². The highest BCUT2D eigenvalue weighted by Gasteiger charge is 1.84. The van der Waals surface area contributed by atoms with Crippen LogP contribution in [0.1, 0.15) is 20.3 Å². The third kappa shape index (κ3) is 3.88. The van der Waals surface area contributed by atoms with Gasteiger partial charge in [-0.3, -0.25) is 0 Å². The minimum absolute atomic E-state index is 0.523. The fourth-order valence-corrected chi connectivity index (χ4v) is 0.436. The Bertz CT molecular complexity index is 66.8. The summed E-state index contributed by atoms with van der Waals surface area (Å²) in [5, 5.41) is 3.11. The Morgan fingerprint density at radius 2 is 2.25 bits per heavy atom. The molecule has 0 aliphatic rings. The monoisotopic (exact) mass is 113 g/mol. The van der Waals surface area contributed by atoms with Crippen molar-refractivity contribution in [3.8, 4) is 0 Å². The van der Waals surface area contributed by atoms with Crippen molar-refractivity contribution >= 4 is 0 Å². The van der Waals surface area contributed by atoms with E-state index in [4.69, 9.17) is 0 Å². The molecule has 0 aromatic rings. The number of rotatable bonds is 3. The Balaban J connectivity index is 3.21. The van der Waals surface area contributed by atoms with Gasteiger partial charge in [0.1, 0.15) is 0 Å². The van der Waals surface area contributed by atoms with Crippen molar-refractivity contribution < 1.29 is 0 Å². The summed E-state index contributed by atoms with van der Waals surface area (Å²) < 4.78 is 0. The van der Waals surface area contributed by atoms with E-state index in [1.165, 1.54) is 0 Å². The lowest BCUT2D eigenvalue weighted by Gasteiger charge is -2.00. The highest BCUT2D eigenvalue weighted by Crippen LogP contribution is 1.84. The standard InChI is InChI=1S/C7H15N/c1-4-5-6-7(2)8-3/h5-8H,4H2,1-3H3/b6-5+. The van der Waals surface area contributed by atoms with Crippen molar-refractivity contribution in [2.45, 2.75) is 26.3 Å². The van der Waals surface area contributed by atoms with Crippen LogP contribution in [0.5, 0.6) is 0 Å². The zero-order valence-electron chi connectivity index (χ0n) is 5.94. The molecule has 0 fully saturated rings. The molecular weight excluding hydrogens is 98.1 g/mol. The number of nitrogens with one attached hydrogen (secondary N) is 1. The van der Waals surface area contributed by atoms with Crippen molar-refractivity contribution in [2.24, 2.45) is 0 Å². The van der Waals surface area contributed by atoms with Gasteiger partial charge >= 0.3 is 0 Å². The van der Waals surface area contributed by atoms with E-state index in [1.807, 2.05) is 7.05 Å². The highest BCUT2D eigenvalue weighted by atomic mass is 14.8. The number of hydrogen-bond acceptors (Lipinski definition) is 1. The predicted octanol–water partition coefficient (Wildman–Crippen LogP) is 1.56. The molecule has 0 aromatic carbocycles. The van der Waals surface area contributed by atoms with E-state index in [1.54, 1.807) is 0 Å². The Morgan fingerprint density at radius 3 is 2.62 bits per heavy atom. The minimum Gasteiger partial charge on any atom is -0.314 e. The summed E-state index contributed by atoms with van der Waals surface area (Å²) >= 11 is 0. The average molecular weight is 113 g/mol. The van der Waals surface area contributed by atoms with Crippen LogP contribution in [0.3, 0.4) is 0 Å². The molecule has 0 aromatic heterocycles. The third-order valence-corrected chi connectivity index (χ3v) is 1.12. The highest BCUT2D eigenvalue weighted by molar-refractivity contribution is 4.88. The van der Waals surface area contributed by atoms with E-state index in [0.29, 0.717) is 6.04 Å². The Hall–Kier alpha value is -0.300. The van der Waals surface area contributed by atoms with Crippen molar-refractivity contribution in [3.63, 3.8) is 0 Å². The van der Waals surface area contributed by atoms with E-state index in [0.717, 1.165) is 6.42 Å². The van der Waals surface area contributed by atoms with Crippen LogP contribution in [-0.2, 0) is 0 Å². The van der Waals surface area contributed by atoms with Crippen LogP contribution in [0.15, 0.2) is 12.2 Å². The predicted molar refractivity (Wildman–Crippen MR) is 38.0 cm³/mol. The summed E-state index contributed by atoms with van der Waals surface area (Å²) in [6.45, 7) is 4.27. The summed E-state index contributed by atoms with van der Waals surface area (Å²) in [6, 6.07) is 0.523. The lowest BCUT2D eigenvalue weighted by molar-refractivity contribution is 0.726. The fourth-order valence-electron chi connectivity index (χ4n) is 0.436. The quantitative estimate of drug-likeness (QED) is 0.548. The van der Waals surface area contributed by atoms with E-state index in [-0.39, 0.29) is 0 Å². The second-order valence-corrected chi connectivity index (χ2v) is 1.91. The first kappa shape index (κ1) is 7.70. The average Bonchev–Trinajstić information content (AvgIpc) is 1.83. The molecule has 0 spiro atoms. The van der Waals surface area contributed by atoms with Gasteiger partial charge in [-0.25, -0.2) is 0 Å². The normalized spacial score (nSPS) is 14.9. The Morgan fingerprint density at radius 1 is 1.62 bits per heavy atom. The van der Waals surface area contributed by atoms with Crippen molar-refractivity contribution in [1.82, 2.24) is 5.32 Å². The van der Waals surface area contributed by atoms with Gasteiger partial charge < -0.3 is 5.32 Å². The third-order valence-electron chi connectivity index (χ3n) is 1.12. The summed E-state index contributed by atoms with van der Waals surface area (Å²) in [5.74, 6) is 0. The smallest absolute Gasteiger partial charge is 0.0218 e. The van der Waals surface area contributed by atoms with Crippen LogP contribution >= 0.6 is 0 Å². The molecule has 1 N–H and O–H groups in total. The van der Waals surface area contributed by atoms with Crippen molar-refractivity contribution in [2.75, 3.05) is 7.05 Å². The van der Waals surface area contributed by atoms with Gasteiger partial charge in [0, 0.05) is 6.04 Å². The summed E-state index contributed by atoms with van der Waals surface area (Å²) in [6.07, 6.45) is 5.47. The van der Waals surface area contributed by atoms with Gasteiger partial charge in [-0.2, -0.15) is 0 Å². The molecule has 0 saturated heterocycles. The van der Waals surface area contributed by atoms with E-state index >= 15 is 0 Å². The van der Waals surface area contributed by atoms with E-state index in [2.05, 4.69) is 31.3 Å². The van der Waals surface area contributed by atoms with Crippen LogP contribution < -0.4 is 5.32 Å². The van der Waals surface area contributed by atoms with Crippen LogP contribution in [0, 0.1) is 0 Å². The first-order chi connectivity index (χ1) is 3.81.